The van der Waals surface area contributed by atoms with Crippen LogP contribution in [0, 0.1) is 13.8 Å². The molecule has 0 aliphatic carbocycles. The maximum atomic E-state index is 12.8. The molecule has 2 aromatic heterocycles. The fraction of sp³-hybridized carbons (Fsp3) is 0.174. The third-order valence-corrected chi connectivity index (χ3v) is 5.06. The zero-order valence-electron chi connectivity index (χ0n) is 16.2. The zero-order chi connectivity index (χ0) is 19.7. The van der Waals surface area contributed by atoms with Crippen LogP contribution in [-0.4, -0.2) is 20.4 Å². The van der Waals surface area contributed by atoms with Gasteiger partial charge in [0, 0.05) is 29.6 Å². The highest BCUT2D eigenvalue weighted by molar-refractivity contribution is 6.05. The SMILES string of the molecule is CCn1c(-c2cccc(C(=O)Nc3cccc(C)c3C)c2)nc2cccnc21. The molecule has 0 spiro atoms. The van der Waals surface area contributed by atoms with Crippen LogP contribution in [0.2, 0.25) is 0 Å². The number of nitrogens with zero attached hydrogens (tertiary/aromatic N) is 3. The number of benzene rings is 2. The Morgan fingerprint density at radius 2 is 1.89 bits per heavy atom. The molecule has 5 heteroatoms. The number of amides is 1. The van der Waals surface area contributed by atoms with Crippen molar-refractivity contribution in [3.63, 3.8) is 0 Å². The third-order valence-electron chi connectivity index (χ3n) is 5.06. The molecular formula is C23H22N4O. The number of nitrogens with one attached hydrogen (secondary N) is 1. The van der Waals surface area contributed by atoms with Crippen molar-refractivity contribution in [2.24, 2.45) is 0 Å². The lowest BCUT2D eigenvalue weighted by Gasteiger charge is -2.11. The summed E-state index contributed by atoms with van der Waals surface area (Å²) in [5.74, 6) is 0.686. The first-order chi connectivity index (χ1) is 13.6. The van der Waals surface area contributed by atoms with E-state index in [-0.39, 0.29) is 5.91 Å². The maximum Gasteiger partial charge on any atom is 0.255 e. The molecule has 28 heavy (non-hydrogen) atoms. The molecule has 0 saturated carbocycles. The van der Waals surface area contributed by atoms with Gasteiger partial charge < -0.3 is 9.88 Å². The van der Waals surface area contributed by atoms with E-state index >= 15 is 0 Å². The predicted molar refractivity (Wildman–Crippen MR) is 113 cm³/mol. The van der Waals surface area contributed by atoms with Crippen molar-refractivity contribution in [2.75, 3.05) is 5.32 Å². The van der Waals surface area contributed by atoms with Crippen LogP contribution in [0.4, 0.5) is 5.69 Å². The number of fused-ring (bicyclic) bond motifs is 1. The van der Waals surface area contributed by atoms with Gasteiger partial charge in [-0.15, -0.1) is 0 Å². The zero-order valence-corrected chi connectivity index (χ0v) is 16.2. The summed E-state index contributed by atoms with van der Waals surface area (Å²) in [6.45, 7) is 6.87. The highest BCUT2D eigenvalue weighted by Crippen LogP contribution is 2.25. The van der Waals surface area contributed by atoms with Crippen molar-refractivity contribution in [3.8, 4) is 11.4 Å². The Balaban J connectivity index is 1.70. The smallest absolute Gasteiger partial charge is 0.255 e. The van der Waals surface area contributed by atoms with Gasteiger partial charge in [-0.25, -0.2) is 9.97 Å². The summed E-state index contributed by atoms with van der Waals surface area (Å²) in [6.07, 6.45) is 1.77. The number of anilines is 1. The summed E-state index contributed by atoms with van der Waals surface area (Å²) in [6, 6.07) is 17.3. The Kier molecular flexibility index (Phi) is 4.65. The highest BCUT2D eigenvalue weighted by atomic mass is 16.1. The first-order valence-electron chi connectivity index (χ1n) is 9.37. The molecule has 0 aliphatic rings. The third kappa shape index (κ3) is 3.16. The molecular weight excluding hydrogens is 348 g/mol. The van der Waals surface area contributed by atoms with Crippen molar-refractivity contribution < 1.29 is 4.79 Å². The first-order valence-corrected chi connectivity index (χ1v) is 9.37. The van der Waals surface area contributed by atoms with Gasteiger partial charge in [-0.3, -0.25) is 4.79 Å². The number of carbonyl (C=O) groups is 1. The van der Waals surface area contributed by atoms with Crippen LogP contribution in [0.1, 0.15) is 28.4 Å². The van der Waals surface area contributed by atoms with E-state index in [4.69, 9.17) is 4.98 Å². The second kappa shape index (κ2) is 7.27. The average Bonchev–Trinajstić information content (AvgIpc) is 3.10. The molecule has 5 nitrogen and oxygen atoms in total. The van der Waals surface area contributed by atoms with Crippen molar-refractivity contribution >= 4 is 22.8 Å². The minimum atomic E-state index is -0.132. The Hall–Kier alpha value is -3.47. The second-order valence-electron chi connectivity index (χ2n) is 6.81. The van der Waals surface area contributed by atoms with Crippen molar-refractivity contribution in [1.82, 2.24) is 14.5 Å². The molecule has 0 bridgehead atoms. The molecule has 0 radical (unpaired) electrons. The molecule has 0 fully saturated rings. The molecule has 2 aromatic carbocycles. The van der Waals surface area contributed by atoms with Gasteiger partial charge in [0.2, 0.25) is 0 Å². The van der Waals surface area contributed by atoms with E-state index in [1.807, 2.05) is 68.4 Å². The van der Waals surface area contributed by atoms with Crippen LogP contribution < -0.4 is 5.32 Å². The van der Waals surface area contributed by atoms with Gasteiger partial charge in [0.05, 0.1) is 0 Å². The fourth-order valence-electron chi connectivity index (χ4n) is 3.36. The lowest BCUT2D eigenvalue weighted by atomic mass is 10.1. The van der Waals surface area contributed by atoms with Gasteiger partial charge in [-0.1, -0.05) is 24.3 Å². The molecule has 0 aliphatic heterocycles. The number of aryl methyl sites for hydroxylation is 2. The molecule has 2 heterocycles. The summed E-state index contributed by atoms with van der Waals surface area (Å²) in [5, 5.41) is 3.02. The van der Waals surface area contributed by atoms with E-state index in [1.165, 1.54) is 0 Å². The number of aromatic nitrogens is 3. The summed E-state index contributed by atoms with van der Waals surface area (Å²) in [4.78, 5) is 22.0. The minimum Gasteiger partial charge on any atom is -0.322 e. The van der Waals surface area contributed by atoms with Gasteiger partial charge in [0.1, 0.15) is 11.3 Å². The minimum absolute atomic E-state index is 0.132. The maximum absolute atomic E-state index is 12.8. The van der Waals surface area contributed by atoms with Gasteiger partial charge in [-0.05, 0) is 62.2 Å². The lowest BCUT2D eigenvalue weighted by molar-refractivity contribution is 0.102. The van der Waals surface area contributed by atoms with E-state index in [9.17, 15) is 4.79 Å². The second-order valence-corrected chi connectivity index (χ2v) is 6.81. The number of pyridine rings is 1. The summed E-state index contributed by atoms with van der Waals surface area (Å²) in [5.41, 5.74) is 6.26. The van der Waals surface area contributed by atoms with Gasteiger partial charge in [0.15, 0.2) is 5.65 Å². The molecule has 140 valence electrons. The Labute approximate surface area is 164 Å². The molecule has 4 aromatic rings. The van der Waals surface area contributed by atoms with Crippen LogP contribution in [0.3, 0.4) is 0 Å². The summed E-state index contributed by atoms with van der Waals surface area (Å²) in [7, 11) is 0. The highest BCUT2D eigenvalue weighted by Gasteiger charge is 2.15. The van der Waals surface area contributed by atoms with Crippen LogP contribution in [-0.2, 0) is 6.54 Å². The van der Waals surface area contributed by atoms with E-state index in [0.717, 1.165) is 45.9 Å². The average molecular weight is 370 g/mol. The topological polar surface area (TPSA) is 59.8 Å². The quantitative estimate of drug-likeness (QED) is 0.551. The monoisotopic (exact) mass is 370 g/mol. The Morgan fingerprint density at radius 1 is 1.07 bits per heavy atom. The number of carbonyl (C=O) groups excluding carboxylic acids is 1. The van der Waals surface area contributed by atoms with Crippen molar-refractivity contribution in [1.29, 1.82) is 0 Å². The lowest BCUT2D eigenvalue weighted by Crippen LogP contribution is -2.13. The largest absolute Gasteiger partial charge is 0.322 e. The van der Waals surface area contributed by atoms with E-state index < -0.39 is 0 Å². The number of rotatable bonds is 4. The van der Waals surface area contributed by atoms with Crippen LogP contribution in [0.15, 0.2) is 60.8 Å². The summed E-state index contributed by atoms with van der Waals surface area (Å²) >= 11 is 0. The van der Waals surface area contributed by atoms with Gasteiger partial charge >= 0.3 is 0 Å². The normalized spacial score (nSPS) is 11.0. The van der Waals surface area contributed by atoms with Gasteiger partial charge in [-0.2, -0.15) is 0 Å². The molecule has 0 unspecified atom stereocenters. The van der Waals surface area contributed by atoms with Crippen LogP contribution in [0.25, 0.3) is 22.6 Å². The number of imidazole rings is 1. The predicted octanol–water partition coefficient (Wildman–Crippen LogP) is 4.99. The van der Waals surface area contributed by atoms with Crippen LogP contribution >= 0.6 is 0 Å². The van der Waals surface area contributed by atoms with Crippen molar-refractivity contribution in [2.45, 2.75) is 27.3 Å². The summed E-state index contributed by atoms with van der Waals surface area (Å²) < 4.78 is 2.07. The van der Waals surface area contributed by atoms with Crippen LogP contribution in [0.5, 0.6) is 0 Å². The molecule has 1 N–H and O–H groups in total. The van der Waals surface area contributed by atoms with E-state index in [2.05, 4.69) is 21.8 Å². The molecule has 1 amide bonds. The number of hydrogen-bond acceptors (Lipinski definition) is 3. The van der Waals surface area contributed by atoms with E-state index in [0.29, 0.717) is 5.56 Å². The Bertz CT molecular complexity index is 1180. The van der Waals surface area contributed by atoms with Gasteiger partial charge in [0.25, 0.3) is 5.91 Å². The Morgan fingerprint density at radius 3 is 2.71 bits per heavy atom. The van der Waals surface area contributed by atoms with E-state index in [1.54, 1.807) is 6.20 Å². The first kappa shape index (κ1) is 17.9. The fourth-order valence-corrected chi connectivity index (χ4v) is 3.36. The molecule has 4 rings (SSSR count). The standard InChI is InChI=1S/C23H22N4O/c1-4-27-21(25-20-12-7-13-24-22(20)27)17-9-6-10-18(14-17)23(28)26-19-11-5-8-15(2)16(19)3/h5-14H,4H2,1-3H3,(H,26,28). The van der Waals surface area contributed by atoms with Crippen molar-refractivity contribution in [3.05, 3.63) is 77.5 Å². The molecule has 0 atom stereocenters. The number of hydrogen-bond donors (Lipinski definition) is 1. The molecule has 0 saturated heterocycles.